The van der Waals surface area contributed by atoms with E-state index in [0.29, 0.717) is 11.7 Å². The number of ether oxygens (including phenoxy) is 2. The average molecular weight is 359 g/mol. The monoisotopic (exact) mass is 359 g/mol. The highest BCUT2D eigenvalue weighted by Gasteiger charge is 2.18. The van der Waals surface area contributed by atoms with Crippen LogP contribution in [0.25, 0.3) is 0 Å². The van der Waals surface area contributed by atoms with Crippen molar-refractivity contribution in [3.8, 4) is 11.5 Å². The average Bonchev–Trinajstić information content (AvgIpc) is 2.62. The topological polar surface area (TPSA) is 45.8 Å². The third kappa shape index (κ3) is 5.34. The number of rotatable bonds is 7. The van der Waals surface area contributed by atoms with Crippen LogP contribution in [0, 0.1) is 0 Å². The van der Waals surface area contributed by atoms with E-state index in [1.807, 2.05) is 56.6 Å². The van der Waals surface area contributed by atoms with Crippen LogP contribution in [0.15, 0.2) is 48.5 Å². The summed E-state index contributed by atoms with van der Waals surface area (Å²) in [6.07, 6.45) is 0. The summed E-state index contributed by atoms with van der Waals surface area (Å²) >= 11 is 5.41. The summed E-state index contributed by atoms with van der Waals surface area (Å²) < 4.78 is 10.6. The molecule has 0 fully saturated rings. The smallest absolute Gasteiger partial charge is 0.170 e. The van der Waals surface area contributed by atoms with E-state index in [-0.39, 0.29) is 6.04 Å². The molecule has 2 aromatic carbocycles. The summed E-state index contributed by atoms with van der Waals surface area (Å²) in [6, 6.07) is 15.8. The predicted molar refractivity (Wildman–Crippen MR) is 107 cm³/mol. The van der Waals surface area contributed by atoms with Crippen molar-refractivity contribution in [2.75, 3.05) is 40.2 Å². The van der Waals surface area contributed by atoms with Gasteiger partial charge in [-0.1, -0.05) is 18.2 Å². The van der Waals surface area contributed by atoms with Gasteiger partial charge < -0.3 is 25.0 Å². The van der Waals surface area contributed by atoms with Crippen molar-refractivity contribution in [2.45, 2.75) is 6.04 Å². The number of thiocarbonyl (C=S) groups is 1. The van der Waals surface area contributed by atoms with Crippen LogP contribution < -0.4 is 20.1 Å². The minimum absolute atomic E-state index is 0.131. The zero-order chi connectivity index (χ0) is 18.2. The molecule has 0 aliphatic heterocycles. The van der Waals surface area contributed by atoms with E-state index in [9.17, 15) is 0 Å². The molecule has 0 saturated heterocycles. The number of nitrogens with one attached hydrogen (secondary N) is 2. The Bertz CT molecular complexity index is 689. The predicted octanol–water partition coefficient (Wildman–Crippen LogP) is 3.29. The first-order chi connectivity index (χ1) is 12.0. The Morgan fingerprint density at radius 1 is 1.04 bits per heavy atom. The second kappa shape index (κ2) is 9.25. The fourth-order valence-electron chi connectivity index (χ4n) is 2.55. The molecule has 0 bridgehead atoms. The summed E-state index contributed by atoms with van der Waals surface area (Å²) in [7, 11) is 7.42. The molecule has 134 valence electrons. The van der Waals surface area contributed by atoms with Crippen LogP contribution in [-0.2, 0) is 0 Å². The van der Waals surface area contributed by atoms with Gasteiger partial charge in [0.2, 0.25) is 0 Å². The summed E-state index contributed by atoms with van der Waals surface area (Å²) in [5.74, 6) is 1.69. The van der Waals surface area contributed by atoms with Crippen molar-refractivity contribution in [3.63, 3.8) is 0 Å². The maximum atomic E-state index is 5.49. The Labute approximate surface area is 154 Å². The number of methoxy groups -OCH3 is 2. The van der Waals surface area contributed by atoms with Gasteiger partial charge in [0.15, 0.2) is 5.11 Å². The van der Waals surface area contributed by atoms with Gasteiger partial charge in [-0.05, 0) is 56.6 Å². The van der Waals surface area contributed by atoms with E-state index >= 15 is 0 Å². The normalized spacial score (nSPS) is 11.7. The Morgan fingerprint density at radius 2 is 1.72 bits per heavy atom. The minimum atomic E-state index is 0.131. The molecule has 0 radical (unpaired) electrons. The number of benzene rings is 2. The van der Waals surface area contributed by atoms with E-state index < -0.39 is 0 Å². The Kier molecular flexibility index (Phi) is 7.03. The lowest BCUT2D eigenvalue weighted by Crippen LogP contribution is -2.36. The molecule has 0 aromatic heterocycles. The van der Waals surface area contributed by atoms with Gasteiger partial charge in [0, 0.05) is 17.8 Å². The fraction of sp³-hybridized carbons (Fsp3) is 0.316. The van der Waals surface area contributed by atoms with Crippen LogP contribution in [0.2, 0.25) is 0 Å². The Morgan fingerprint density at radius 3 is 2.32 bits per heavy atom. The van der Waals surface area contributed by atoms with E-state index in [2.05, 4.69) is 21.6 Å². The van der Waals surface area contributed by atoms with Crippen molar-refractivity contribution in [3.05, 3.63) is 54.1 Å². The number of hydrogen-bond acceptors (Lipinski definition) is 4. The molecule has 0 saturated carbocycles. The molecular weight excluding hydrogens is 334 g/mol. The molecule has 2 N–H and O–H groups in total. The van der Waals surface area contributed by atoms with Crippen LogP contribution >= 0.6 is 12.2 Å². The maximum Gasteiger partial charge on any atom is 0.170 e. The zero-order valence-electron chi connectivity index (χ0n) is 15.1. The van der Waals surface area contributed by atoms with Gasteiger partial charge in [0.1, 0.15) is 11.5 Å². The molecule has 0 aliphatic carbocycles. The minimum Gasteiger partial charge on any atom is -0.497 e. The summed E-state index contributed by atoms with van der Waals surface area (Å²) in [4.78, 5) is 2.14. The van der Waals surface area contributed by atoms with Crippen LogP contribution in [0.5, 0.6) is 11.5 Å². The lowest BCUT2D eigenvalue weighted by Gasteiger charge is -2.27. The lowest BCUT2D eigenvalue weighted by atomic mass is 10.0. The van der Waals surface area contributed by atoms with E-state index in [4.69, 9.17) is 21.7 Å². The molecular formula is C19H25N3O2S. The van der Waals surface area contributed by atoms with Crippen molar-refractivity contribution >= 4 is 23.0 Å². The van der Waals surface area contributed by atoms with Crippen LogP contribution in [-0.4, -0.2) is 44.9 Å². The molecule has 5 nitrogen and oxygen atoms in total. The SMILES string of the molecule is COc1ccc(NC(=S)NCC(c2ccccc2OC)N(C)C)cc1. The highest BCUT2D eigenvalue weighted by molar-refractivity contribution is 7.80. The largest absolute Gasteiger partial charge is 0.497 e. The molecule has 1 unspecified atom stereocenters. The molecule has 1 atom stereocenters. The first-order valence-electron chi connectivity index (χ1n) is 8.03. The number of nitrogens with zero attached hydrogens (tertiary/aromatic N) is 1. The fourth-order valence-corrected chi connectivity index (χ4v) is 2.75. The van der Waals surface area contributed by atoms with E-state index in [0.717, 1.165) is 22.7 Å². The van der Waals surface area contributed by atoms with Gasteiger partial charge in [-0.2, -0.15) is 0 Å². The standard InChI is InChI=1S/C19H25N3O2S/c1-22(2)17(16-7-5-6-8-18(16)24-4)13-20-19(25)21-14-9-11-15(23-3)12-10-14/h5-12,17H,13H2,1-4H3,(H2,20,21,25). The van der Waals surface area contributed by atoms with Crippen LogP contribution in [0.3, 0.4) is 0 Å². The first kappa shape index (κ1) is 19.0. The third-order valence-electron chi connectivity index (χ3n) is 3.93. The Balaban J connectivity index is 1.99. The lowest BCUT2D eigenvalue weighted by molar-refractivity contribution is 0.288. The van der Waals surface area contributed by atoms with Crippen LogP contribution in [0.4, 0.5) is 5.69 Å². The second-order valence-corrected chi connectivity index (χ2v) is 6.19. The van der Waals surface area contributed by atoms with Crippen molar-refractivity contribution in [1.29, 1.82) is 0 Å². The van der Waals surface area contributed by atoms with Crippen molar-refractivity contribution in [1.82, 2.24) is 10.2 Å². The molecule has 2 rings (SSSR count). The maximum absolute atomic E-state index is 5.49. The first-order valence-corrected chi connectivity index (χ1v) is 8.44. The molecule has 2 aromatic rings. The number of hydrogen-bond donors (Lipinski definition) is 2. The van der Waals surface area contributed by atoms with Gasteiger partial charge in [0.25, 0.3) is 0 Å². The van der Waals surface area contributed by atoms with Crippen molar-refractivity contribution in [2.24, 2.45) is 0 Å². The van der Waals surface area contributed by atoms with E-state index in [1.54, 1.807) is 14.2 Å². The molecule has 0 heterocycles. The zero-order valence-corrected chi connectivity index (χ0v) is 15.9. The third-order valence-corrected chi connectivity index (χ3v) is 4.17. The van der Waals surface area contributed by atoms with Gasteiger partial charge >= 0.3 is 0 Å². The summed E-state index contributed by atoms with van der Waals surface area (Å²) in [5.41, 5.74) is 2.03. The molecule has 0 spiro atoms. The number of likely N-dealkylation sites (N-methyl/N-ethyl adjacent to an activating group) is 1. The van der Waals surface area contributed by atoms with Gasteiger partial charge in [-0.3, -0.25) is 0 Å². The summed E-state index contributed by atoms with van der Waals surface area (Å²) in [5, 5.41) is 7.04. The number of anilines is 1. The van der Waals surface area contributed by atoms with Gasteiger partial charge in [0.05, 0.1) is 20.3 Å². The van der Waals surface area contributed by atoms with Gasteiger partial charge in [-0.25, -0.2) is 0 Å². The quantitative estimate of drug-likeness (QED) is 0.740. The highest BCUT2D eigenvalue weighted by Crippen LogP contribution is 2.27. The van der Waals surface area contributed by atoms with Gasteiger partial charge in [-0.15, -0.1) is 0 Å². The molecule has 25 heavy (non-hydrogen) atoms. The second-order valence-electron chi connectivity index (χ2n) is 5.78. The number of para-hydroxylation sites is 1. The summed E-state index contributed by atoms with van der Waals surface area (Å²) in [6.45, 7) is 0.662. The Hall–Kier alpha value is -2.31. The van der Waals surface area contributed by atoms with E-state index in [1.165, 1.54) is 0 Å². The molecule has 0 amide bonds. The van der Waals surface area contributed by atoms with Crippen LogP contribution in [0.1, 0.15) is 11.6 Å². The highest BCUT2D eigenvalue weighted by atomic mass is 32.1. The van der Waals surface area contributed by atoms with Crippen molar-refractivity contribution < 1.29 is 9.47 Å². The molecule has 0 aliphatic rings. The molecule has 6 heteroatoms.